The molecule has 0 radical (unpaired) electrons. The van der Waals surface area contributed by atoms with Crippen molar-refractivity contribution in [2.75, 3.05) is 6.61 Å². The summed E-state index contributed by atoms with van der Waals surface area (Å²) in [5, 5.41) is 1.20. The number of hydrazine groups is 1. The highest BCUT2D eigenvalue weighted by Crippen LogP contribution is 2.21. The highest BCUT2D eigenvalue weighted by molar-refractivity contribution is 5.75. The lowest BCUT2D eigenvalue weighted by molar-refractivity contribution is 0.106. The Kier molecular flexibility index (Phi) is 4.45. The number of carbonyl (C=O) groups is 2. The Morgan fingerprint density at radius 1 is 1.40 bits per heavy atom. The maximum absolute atomic E-state index is 11.8. The molecule has 0 spiro atoms. The van der Waals surface area contributed by atoms with Crippen LogP contribution >= 0.6 is 0 Å². The van der Waals surface area contributed by atoms with Gasteiger partial charge in [0.2, 0.25) is 0 Å². The molecule has 2 atom stereocenters. The number of carbonyl (C=O) groups excluding carboxylic acids is 2. The summed E-state index contributed by atoms with van der Waals surface area (Å²) in [4.78, 5) is 23.2. The van der Waals surface area contributed by atoms with Gasteiger partial charge in [-0.25, -0.2) is 20.0 Å². The first-order valence-corrected chi connectivity index (χ1v) is 6.59. The third-order valence-electron chi connectivity index (χ3n) is 3.13. The van der Waals surface area contributed by atoms with Gasteiger partial charge in [0.15, 0.2) is 0 Å². The molecule has 6 heteroatoms. The van der Waals surface area contributed by atoms with E-state index in [4.69, 9.17) is 9.47 Å². The smallest absolute Gasteiger partial charge is 0.429 e. The molecular weight excluding hydrogens is 260 g/mol. The highest BCUT2D eigenvalue weighted by Gasteiger charge is 2.40. The second kappa shape index (κ2) is 6.27. The van der Waals surface area contributed by atoms with Crippen LogP contribution in [0.25, 0.3) is 0 Å². The molecule has 6 nitrogen and oxygen atoms in total. The zero-order valence-corrected chi connectivity index (χ0v) is 11.5. The summed E-state index contributed by atoms with van der Waals surface area (Å²) in [5.74, 6) is 0. The van der Waals surface area contributed by atoms with Crippen molar-refractivity contribution in [3.8, 4) is 0 Å². The summed E-state index contributed by atoms with van der Waals surface area (Å²) in [6, 6.07) is 9.48. The van der Waals surface area contributed by atoms with Gasteiger partial charge in [-0.3, -0.25) is 0 Å². The Balaban J connectivity index is 2.07. The second-order valence-corrected chi connectivity index (χ2v) is 4.55. The molecule has 0 saturated carbocycles. The summed E-state index contributed by atoms with van der Waals surface area (Å²) < 4.78 is 9.94. The zero-order chi connectivity index (χ0) is 14.5. The fourth-order valence-electron chi connectivity index (χ4n) is 2.14. The van der Waals surface area contributed by atoms with Crippen molar-refractivity contribution in [1.82, 2.24) is 10.4 Å². The summed E-state index contributed by atoms with van der Waals surface area (Å²) in [6.45, 7) is 3.75. The predicted octanol–water partition coefficient (Wildman–Crippen LogP) is 2.10. The minimum absolute atomic E-state index is 0.244. The Bertz CT molecular complexity index is 477. The van der Waals surface area contributed by atoms with Crippen LogP contribution in [0.1, 0.15) is 19.4 Å². The van der Waals surface area contributed by atoms with E-state index in [0.717, 1.165) is 5.56 Å². The number of hydrogen-bond acceptors (Lipinski definition) is 4. The number of rotatable bonds is 4. The van der Waals surface area contributed by atoms with Crippen LogP contribution in [0.5, 0.6) is 0 Å². The van der Waals surface area contributed by atoms with E-state index < -0.39 is 12.2 Å². The average Bonchev–Trinajstić information content (AvgIpc) is 2.67. The molecule has 1 aliphatic rings. The lowest BCUT2D eigenvalue weighted by atomic mass is 10.0. The second-order valence-electron chi connectivity index (χ2n) is 4.55. The van der Waals surface area contributed by atoms with E-state index in [1.54, 1.807) is 13.8 Å². The lowest BCUT2D eigenvalue weighted by Crippen LogP contribution is -2.49. The van der Waals surface area contributed by atoms with Crippen LogP contribution in [0.3, 0.4) is 0 Å². The largest absolute Gasteiger partial charge is 0.449 e. The van der Waals surface area contributed by atoms with E-state index in [1.165, 1.54) is 5.01 Å². The standard InChI is InChI=1S/C14H18N2O4/c1-3-19-13(17)15-16-12(10(2)20-14(16)18)9-11-7-5-4-6-8-11/h4-8,10,12H,3,9H2,1-2H3,(H,15,17)/t10-,12?/m0/s1. The van der Waals surface area contributed by atoms with Crippen LogP contribution < -0.4 is 5.43 Å². The van der Waals surface area contributed by atoms with E-state index in [0.29, 0.717) is 6.42 Å². The van der Waals surface area contributed by atoms with Crippen LogP contribution in [0.15, 0.2) is 30.3 Å². The SMILES string of the molecule is CCOC(=O)NN1C(=O)O[C@@H](C)C1Cc1ccccc1. The van der Waals surface area contributed by atoms with Gasteiger partial charge in [0.05, 0.1) is 12.6 Å². The molecule has 0 aliphatic carbocycles. The van der Waals surface area contributed by atoms with Gasteiger partial charge >= 0.3 is 12.2 Å². The molecule has 1 unspecified atom stereocenters. The molecule has 108 valence electrons. The molecule has 1 saturated heterocycles. The van der Waals surface area contributed by atoms with Crippen LogP contribution in [0.4, 0.5) is 9.59 Å². The number of ether oxygens (including phenoxy) is 2. The van der Waals surface area contributed by atoms with E-state index in [-0.39, 0.29) is 18.8 Å². The maximum atomic E-state index is 11.8. The van der Waals surface area contributed by atoms with Crippen LogP contribution in [0, 0.1) is 0 Å². The number of benzene rings is 1. The van der Waals surface area contributed by atoms with Crippen molar-refractivity contribution in [2.45, 2.75) is 32.4 Å². The Labute approximate surface area is 117 Å². The molecule has 2 rings (SSSR count). The van der Waals surface area contributed by atoms with Crippen molar-refractivity contribution >= 4 is 12.2 Å². The zero-order valence-electron chi connectivity index (χ0n) is 11.5. The van der Waals surface area contributed by atoms with Gasteiger partial charge in [0.1, 0.15) is 6.10 Å². The molecule has 2 amide bonds. The predicted molar refractivity (Wildman–Crippen MR) is 71.9 cm³/mol. The minimum atomic E-state index is -0.656. The third kappa shape index (κ3) is 3.20. The van der Waals surface area contributed by atoms with E-state index in [2.05, 4.69) is 5.43 Å². The van der Waals surface area contributed by atoms with Crippen LogP contribution in [-0.4, -0.2) is 35.9 Å². The van der Waals surface area contributed by atoms with Crippen molar-refractivity contribution < 1.29 is 19.1 Å². The fourth-order valence-corrected chi connectivity index (χ4v) is 2.14. The first kappa shape index (κ1) is 14.2. The normalized spacial score (nSPS) is 21.5. The Hall–Kier alpha value is -2.24. The van der Waals surface area contributed by atoms with Gasteiger partial charge in [-0.2, -0.15) is 0 Å². The molecule has 1 heterocycles. The molecule has 1 aromatic carbocycles. The average molecular weight is 278 g/mol. The van der Waals surface area contributed by atoms with E-state index in [9.17, 15) is 9.59 Å². The van der Waals surface area contributed by atoms with E-state index >= 15 is 0 Å². The molecule has 0 bridgehead atoms. The summed E-state index contributed by atoms with van der Waals surface area (Å²) in [6.07, 6.45) is -0.923. The monoisotopic (exact) mass is 278 g/mol. The van der Waals surface area contributed by atoms with Crippen molar-refractivity contribution in [2.24, 2.45) is 0 Å². The van der Waals surface area contributed by atoms with Gasteiger partial charge in [-0.05, 0) is 25.8 Å². The van der Waals surface area contributed by atoms with Crippen LogP contribution in [0.2, 0.25) is 0 Å². The summed E-state index contributed by atoms with van der Waals surface area (Å²) >= 11 is 0. The van der Waals surface area contributed by atoms with Gasteiger partial charge in [0.25, 0.3) is 0 Å². The van der Waals surface area contributed by atoms with E-state index in [1.807, 2.05) is 30.3 Å². The van der Waals surface area contributed by atoms with Gasteiger partial charge in [-0.15, -0.1) is 0 Å². The maximum Gasteiger partial charge on any atom is 0.429 e. The molecule has 1 aromatic rings. The number of hydrogen-bond donors (Lipinski definition) is 1. The summed E-state index contributed by atoms with van der Waals surface area (Å²) in [7, 11) is 0. The Morgan fingerprint density at radius 2 is 2.10 bits per heavy atom. The molecule has 1 N–H and O–H groups in total. The molecule has 20 heavy (non-hydrogen) atoms. The van der Waals surface area contributed by atoms with Gasteiger partial charge < -0.3 is 9.47 Å². The highest BCUT2D eigenvalue weighted by atomic mass is 16.6. The summed E-state index contributed by atoms with van der Waals surface area (Å²) in [5.41, 5.74) is 3.50. The molecule has 1 aliphatic heterocycles. The number of nitrogens with one attached hydrogen (secondary N) is 1. The number of nitrogens with zero attached hydrogens (tertiary/aromatic N) is 1. The Morgan fingerprint density at radius 3 is 2.75 bits per heavy atom. The number of amides is 2. The molecular formula is C14H18N2O4. The minimum Gasteiger partial charge on any atom is -0.449 e. The first-order chi connectivity index (χ1) is 9.61. The first-order valence-electron chi connectivity index (χ1n) is 6.59. The quantitative estimate of drug-likeness (QED) is 0.915. The number of cyclic esters (lactones) is 1. The van der Waals surface area contributed by atoms with Gasteiger partial charge in [0, 0.05) is 0 Å². The fraction of sp³-hybridized carbons (Fsp3) is 0.429. The van der Waals surface area contributed by atoms with Crippen molar-refractivity contribution in [3.63, 3.8) is 0 Å². The topological polar surface area (TPSA) is 67.9 Å². The lowest BCUT2D eigenvalue weighted by Gasteiger charge is -2.23. The third-order valence-corrected chi connectivity index (χ3v) is 3.13. The van der Waals surface area contributed by atoms with Gasteiger partial charge in [-0.1, -0.05) is 30.3 Å². The molecule has 1 fully saturated rings. The van der Waals surface area contributed by atoms with Crippen molar-refractivity contribution in [3.05, 3.63) is 35.9 Å². The van der Waals surface area contributed by atoms with Crippen molar-refractivity contribution in [1.29, 1.82) is 0 Å². The molecule has 0 aromatic heterocycles. The van der Waals surface area contributed by atoms with Crippen LogP contribution in [-0.2, 0) is 15.9 Å².